The molecule has 0 saturated carbocycles. The Morgan fingerprint density at radius 1 is 1.52 bits per heavy atom. The third-order valence-electron chi connectivity index (χ3n) is 2.73. The fraction of sp³-hybridized carbons (Fsp3) is 0.538. The molecule has 1 aromatic heterocycles. The second kappa shape index (κ2) is 6.38. The Morgan fingerprint density at radius 3 is 2.57 bits per heavy atom. The van der Waals surface area contributed by atoms with Crippen molar-refractivity contribution >= 4 is 23.3 Å². The van der Waals surface area contributed by atoms with Crippen molar-refractivity contribution in [2.45, 2.75) is 39.7 Å². The van der Waals surface area contributed by atoms with E-state index in [2.05, 4.69) is 10.3 Å². The predicted octanol–water partition coefficient (Wildman–Crippen LogP) is 2.26. The van der Waals surface area contributed by atoms with Crippen LogP contribution in [-0.2, 0) is 4.79 Å². The van der Waals surface area contributed by atoms with Gasteiger partial charge in [0.25, 0.3) is 0 Å². The number of carboxylic acids is 1. The molecule has 0 fully saturated rings. The van der Waals surface area contributed by atoms with Crippen LogP contribution in [0.2, 0.25) is 0 Å². The van der Waals surface area contributed by atoms with Gasteiger partial charge in [-0.1, -0.05) is 20.8 Å². The number of rotatable bonds is 6. The standard InChI is InChI=1S/C13H20N4O4/c1-13(2,3)7-8(6-11(18)19)15-10-5-4-9(17(20)21)12(14)16-10/h4-5,8H,6-7H2,1-3H3,(H,18,19)(H3,14,15,16). The van der Waals surface area contributed by atoms with Crippen molar-refractivity contribution in [3.8, 4) is 0 Å². The fourth-order valence-electron chi connectivity index (χ4n) is 2.04. The molecule has 0 saturated heterocycles. The topological polar surface area (TPSA) is 131 Å². The smallest absolute Gasteiger partial charge is 0.311 e. The number of nitrogens with one attached hydrogen (secondary N) is 1. The highest BCUT2D eigenvalue weighted by Crippen LogP contribution is 2.26. The highest BCUT2D eigenvalue weighted by Gasteiger charge is 2.22. The zero-order valence-electron chi connectivity index (χ0n) is 12.3. The minimum atomic E-state index is -0.924. The molecule has 1 heterocycles. The lowest BCUT2D eigenvalue weighted by atomic mass is 9.87. The molecule has 0 aliphatic rings. The quantitative estimate of drug-likeness (QED) is 0.541. The van der Waals surface area contributed by atoms with E-state index in [0.717, 1.165) is 0 Å². The molecule has 116 valence electrons. The summed E-state index contributed by atoms with van der Waals surface area (Å²) >= 11 is 0. The summed E-state index contributed by atoms with van der Waals surface area (Å²) in [5, 5.41) is 22.6. The van der Waals surface area contributed by atoms with Crippen LogP contribution < -0.4 is 11.1 Å². The summed E-state index contributed by atoms with van der Waals surface area (Å²) < 4.78 is 0. The van der Waals surface area contributed by atoms with Crippen molar-refractivity contribution in [1.29, 1.82) is 0 Å². The molecular formula is C13H20N4O4. The number of aliphatic carboxylic acids is 1. The largest absolute Gasteiger partial charge is 0.481 e. The van der Waals surface area contributed by atoms with Gasteiger partial charge in [-0.3, -0.25) is 14.9 Å². The summed E-state index contributed by atoms with van der Waals surface area (Å²) in [5.74, 6) is -0.796. The van der Waals surface area contributed by atoms with E-state index >= 15 is 0 Å². The van der Waals surface area contributed by atoms with Crippen LogP contribution in [0.25, 0.3) is 0 Å². The van der Waals surface area contributed by atoms with E-state index in [9.17, 15) is 14.9 Å². The van der Waals surface area contributed by atoms with Crippen molar-refractivity contribution in [2.24, 2.45) is 5.41 Å². The first-order valence-corrected chi connectivity index (χ1v) is 6.48. The second-order valence-electron chi connectivity index (χ2n) is 6.06. The van der Waals surface area contributed by atoms with Crippen molar-refractivity contribution < 1.29 is 14.8 Å². The molecule has 8 nitrogen and oxygen atoms in total. The lowest BCUT2D eigenvalue weighted by Gasteiger charge is -2.26. The highest BCUT2D eigenvalue weighted by atomic mass is 16.6. The molecule has 0 aliphatic carbocycles. The number of nitrogens with two attached hydrogens (primary N) is 1. The maximum Gasteiger partial charge on any atom is 0.311 e. The molecule has 1 atom stereocenters. The summed E-state index contributed by atoms with van der Waals surface area (Å²) in [6.45, 7) is 6.00. The Hall–Kier alpha value is -2.38. The Kier molecular flexibility index (Phi) is 5.07. The highest BCUT2D eigenvalue weighted by molar-refractivity contribution is 5.68. The predicted molar refractivity (Wildman–Crippen MR) is 79.0 cm³/mol. The fourth-order valence-corrected chi connectivity index (χ4v) is 2.04. The molecule has 1 aromatic rings. The SMILES string of the molecule is CC(C)(C)CC(CC(=O)O)Nc1ccc([N+](=O)[O-])c(N)n1. The molecule has 0 bridgehead atoms. The van der Waals surface area contributed by atoms with Crippen molar-refractivity contribution in [3.63, 3.8) is 0 Å². The van der Waals surface area contributed by atoms with E-state index < -0.39 is 10.9 Å². The summed E-state index contributed by atoms with van der Waals surface area (Å²) in [5.41, 5.74) is 5.18. The van der Waals surface area contributed by atoms with Crippen LogP contribution in [0.5, 0.6) is 0 Å². The Morgan fingerprint density at radius 2 is 2.14 bits per heavy atom. The van der Waals surface area contributed by atoms with Crippen LogP contribution >= 0.6 is 0 Å². The van der Waals surface area contributed by atoms with Crippen LogP contribution in [0, 0.1) is 15.5 Å². The number of carboxylic acid groups (broad SMARTS) is 1. The zero-order chi connectivity index (χ0) is 16.2. The van der Waals surface area contributed by atoms with Gasteiger partial charge in [0.15, 0.2) is 0 Å². The normalized spacial score (nSPS) is 12.7. The van der Waals surface area contributed by atoms with E-state index in [1.807, 2.05) is 20.8 Å². The number of carbonyl (C=O) groups is 1. The molecule has 4 N–H and O–H groups in total. The van der Waals surface area contributed by atoms with Crippen LogP contribution in [0.15, 0.2) is 12.1 Å². The van der Waals surface area contributed by atoms with Gasteiger partial charge in [0, 0.05) is 12.1 Å². The molecule has 0 spiro atoms. The molecule has 0 aromatic carbocycles. The lowest BCUT2D eigenvalue weighted by molar-refractivity contribution is -0.384. The third-order valence-corrected chi connectivity index (χ3v) is 2.73. The molecule has 0 radical (unpaired) electrons. The van der Waals surface area contributed by atoms with E-state index in [4.69, 9.17) is 10.8 Å². The number of anilines is 2. The Labute approximate surface area is 122 Å². The Balaban J connectivity index is 2.90. The van der Waals surface area contributed by atoms with Crippen molar-refractivity contribution in [1.82, 2.24) is 4.98 Å². The van der Waals surface area contributed by atoms with Gasteiger partial charge >= 0.3 is 11.7 Å². The van der Waals surface area contributed by atoms with E-state index in [0.29, 0.717) is 12.2 Å². The summed E-state index contributed by atoms with van der Waals surface area (Å²) in [6, 6.07) is 2.34. The van der Waals surface area contributed by atoms with Crippen LogP contribution in [0.3, 0.4) is 0 Å². The van der Waals surface area contributed by atoms with Gasteiger partial charge in [-0.05, 0) is 17.9 Å². The van der Waals surface area contributed by atoms with E-state index in [-0.39, 0.29) is 29.4 Å². The van der Waals surface area contributed by atoms with E-state index in [1.54, 1.807) is 0 Å². The summed E-state index contributed by atoms with van der Waals surface area (Å²) in [7, 11) is 0. The zero-order valence-corrected chi connectivity index (χ0v) is 12.3. The lowest BCUT2D eigenvalue weighted by Crippen LogP contribution is -2.28. The number of pyridine rings is 1. The molecule has 1 rings (SSSR count). The average Bonchev–Trinajstić information content (AvgIpc) is 2.24. The van der Waals surface area contributed by atoms with Gasteiger partial charge in [-0.2, -0.15) is 0 Å². The van der Waals surface area contributed by atoms with Gasteiger partial charge in [-0.25, -0.2) is 4.98 Å². The third kappa shape index (κ3) is 5.64. The van der Waals surface area contributed by atoms with Gasteiger partial charge < -0.3 is 16.2 Å². The van der Waals surface area contributed by atoms with Crippen molar-refractivity contribution in [2.75, 3.05) is 11.1 Å². The molecular weight excluding hydrogens is 276 g/mol. The first-order valence-electron chi connectivity index (χ1n) is 6.48. The molecule has 1 unspecified atom stereocenters. The molecule has 0 aliphatic heterocycles. The monoisotopic (exact) mass is 296 g/mol. The minimum absolute atomic E-state index is 0.0700. The van der Waals surface area contributed by atoms with E-state index in [1.165, 1.54) is 12.1 Å². The van der Waals surface area contributed by atoms with Crippen molar-refractivity contribution in [3.05, 3.63) is 22.2 Å². The number of hydrogen-bond acceptors (Lipinski definition) is 6. The van der Waals surface area contributed by atoms with Gasteiger partial charge in [0.1, 0.15) is 5.82 Å². The number of nitro groups is 1. The summed E-state index contributed by atoms with van der Waals surface area (Å²) in [6.07, 6.45) is 0.535. The Bertz CT molecular complexity index is 539. The first-order chi connectivity index (χ1) is 9.58. The maximum absolute atomic E-state index is 10.9. The number of nitrogens with zero attached hydrogens (tertiary/aromatic N) is 2. The second-order valence-corrected chi connectivity index (χ2v) is 6.06. The number of aromatic nitrogens is 1. The van der Waals surface area contributed by atoms with Gasteiger partial charge in [-0.15, -0.1) is 0 Å². The van der Waals surface area contributed by atoms with Crippen LogP contribution in [-0.4, -0.2) is 27.0 Å². The summed E-state index contributed by atoms with van der Waals surface area (Å²) in [4.78, 5) is 24.9. The van der Waals surface area contributed by atoms with Gasteiger partial charge in [0.2, 0.25) is 5.82 Å². The number of nitrogen functional groups attached to an aromatic ring is 1. The molecule has 21 heavy (non-hydrogen) atoms. The van der Waals surface area contributed by atoms with Crippen LogP contribution in [0.1, 0.15) is 33.6 Å². The molecule has 8 heteroatoms. The average molecular weight is 296 g/mol. The molecule has 0 amide bonds. The van der Waals surface area contributed by atoms with Gasteiger partial charge in [0.05, 0.1) is 11.3 Å². The minimum Gasteiger partial charge on any atom is -0.481 e. The maximum atomic E-state index is 10.9. The first kappa shape index (κ1) is 16.7. The number of hydrogen-bond donors (Lipinski definition) is 3. The van der Waals surface area contributed by atoms with Crippen LogP contribution in [0.4, 0.5) is 17.3 Å².